The van der Waals surface area contributed by atoms with Gasteiger partial charge >= 0.3 is 11.7 Å². The highest BCUT2D eigenvalue weighted by Crippen LogP contribution is 2.45. The summed E-state index contributed by atoms with van der Waals surface area (Å²) >= 11 is 0. The van der Waals surface area contributed by atoms with Crippen LogP contribution in [0.3, 0.4) is 0 Å². The molecule has 3 heterocycles. The number of anilines is 1. The van der Waals surface area contributed by atoms with Crippen molar-refractivity contribution in [1.82, 2.24) is 24.3 Å². The third kappa shape index (κ3) is 5.44. The zero-order valence-electron chi connectivity index (χ0n) is 21.0. The average molecular weight is 494 g/mol. The number of nitrogens with one attached hydrogen (secondary N) is 1. The first-order valence-corrected chi connectivity index (χ1v) is 12.7. The van der Waals surface area contributed by atoms with E-state index in [-0.39, 0.29) is 17.8 Å². The Bertz CT molecular complexity index is 1180. The third-order valence-corrected chi connectivity index (χ3v) is 7.44. The Morgan fingerprint density at radius 2 is 1.72 bits per heavy atom. The minimum atomic E-state index is -0.938. The molecule has 10 nitrogen and oxygen atoms in total. The number of piperidine rings is 1. The number of amides is 3. The van der Waals surface area contributed by atoms with Crippen LogP contribution < -0.4 is 16.7 Å². The molecule has 1 aliphatic carbocycles. The topological polar surface area (TPSA) is 117 Å². The molecular formula is C26H35N7O3. The van der Waals surface area contributed by atoms with Gasteiger partial charge in [0, 0.05) is 45.5 Å². The van der Waals surface area contributed by atoms with Crippen LogP contribution in [0.15, 0.2) is 41.3 Å². The number of fused-ring (bicyclic) bond motifs is 1. The van der Waals surface area contributed by atoms with Crippen molar-refractivity contribution in [2.45, 2.75) is 38.8 Å². The lowest BCUT2D eigenvalue weighted by molar-refractivity contribution is -0.137. The van der Waals surface area contributed by atoms with Gasteiger partial charge in [0.1, 0.15) is 5.82 Å². The molecule has 2 aromatic rings. The molecule has 0 radical (unpaired) electrons. The summed E-state index contributed by atoms with van der Waals surface area (Å²) in [4.78, 5) is 47.5. The Hall–Kier alpha value is -3.24. The molecule has 3 fully saturated rings. The van der Waals surface area contributed by atoms with Crippen LogP contribution in [0.4, 0.5) is 10.6 Å². The van der Waals surface area contributed by atoms with Crippen LogP contribution in [-0.4, -0.2) is 81.0 Å². The van der Waals surface area contributed by atoms with Crippen molar-refractivity contribution < 1.29 is 9.59 Å². The van der Waals surface area contributed by atoms with Crippen LogP contribution in [0.2, 0.25) is 0 Å². The van der Waals surface area contributed by atoms with Gasteiger partial charge in [-0.1, -0.05) is 12.1 Å². The van der Waals surface area contributed by atoms with Crippen molar-refractivity contribution in [2.75, 3.05) is 44.6 Å². The molecule has 1 saturated carbocycles. The van der Waals surface area contributed by atoms with E-state index in [1.54, 1.807) is 35.9 Å². The molecule has 10 heteroatoms. The number of likely N-dealkylation sites (tertiary alicyclic amines) is 1. The quantitative estimate of drug-likeness (QED) is 0.652. The van der Waals surface area contributed by atoms with E-state index < -0.39 is 11.2 Å². The number of piperazine rings is 1. The van der Waals surface area contributed by atoms with E-state index in [1.165, 1.54) is 36.1 Å². The number of nitrogens with two attached hydrogens (primary N) is 1. The van der Waals surface area contributed by atoms with Crippen molar-refractivity contribution in [3.8, 4) is 5.69 Å². The van der Waals surface area contributed by atoms with Crippen LogP contribution in [0, 0.1) is 11.8 Å². The molecule has 2 aliphatic heterocycles. The number of carbonyl (C=O) groups excluding carboxylic acids is 2. The lowest BCUT2D eigenvalue weighted by Crippen LogP contribution is -2.58. The summed E-state index contributed by atoms with van der Waals surface area (Å²) in [7, 11) is 0. The highest BCUT2D eigenvalue weighted by atomic mass is 16.2. The second-order valence-corrected chi connectivity index (χ2v) is 10.8. The standard InChI is InChI=1S/C26H35N7O3/c1-26(2,27)23(34)31-11-13-32(14-12-31)24(35)28-22-8-10-33(25(36)29-22)21-5-3-18(4-6-21)16-30-9-7-19-15-20(19)17-30/h3-6,8,10,19-20H,7,9,11-17,27H2,1-2H3,(H,28,29,35,36)/t19-,20-/m0/s1. The molecule has 3 aliphatic rings. The van der Waals surface area contributed by atoms with Gasteiger partial charge in [0.25, 0.3) is 0 Å². The Balaban J connectivity index is 1.16. The lowest BCUT2D eigenvalue weighted by atomic mass is 10.1. The highest BCUT2D eigenvalue weighted by Gasteiger charge is 2.41. The van der Waals surface area contributed by atoms with E-state index in [0.29, 0.717) is 26.2 Å². The highest BCUT2D eigenvalue weighted by molar-refractivity contribution is 5.89. The molecule has 1 aromatic heterocycles. The molecule has 192 valence electrons. The fraction of sp³-hybridized carbons (Fsp3) is 0.538. The molecule has 3 N–H and O–H groups in total. The van der Waals surface area contributed by atoms with Gasteiger partial charge in [-0.05, 0) is 68.8 Å². The lowest BCUT2D eigenvalue weighted by Gasteiger charge is -2.37. The number of carbonyl (C=O) groups is 2. The van der Waals surface area contributed by atoms with E-state index in [4.69, 9.17) is 5.73 Å². The van der Waals surface area contributed by atoms with Gasteiger partial charge in [0.2, 0.25) is 5.91 Å². The first-order valence-electron chi connectivity index (χ1n) is 12.7. The minimum absolute atomic E-state index is 0.135. The predicted octanol–water partition coefficient (Wildman–Crippen LogP) is 1.49. The second-order valence-electron chi connectivity index (χ2n) is 10.8. The Labute approximate surface area is 211 Å². The summed E-state index contributed by atoms with van der Waals surface area (Å²) in [6, 6.07) is 9.26. The first kappa shape index (κ1) is 24.5. The van der Waals surface area contributed by atoms with Crippen LogP contribution in [0.5, 0.6) is 0 Å². The molecular weight excluding hydrogens is 458 g/mol. The van der Waals surface area contributed by atoms with Crippen molar-refractivity contribution in [1.29, 1.82) is 0 Å². The normalized spacial score (nSPS) is 22.2. The SMILES string of the molecule is CC(C)(N)C(=O)N1CCN(C(=O)Nc2ccn(-c3ccc(CN4CC[C@H]5C[C@H]5C4)cc3)c(=O)n2)CC1. The maximum atomic E-state index is 12.7. The molecule has 0 spiro atoms. The van der Waals surface area contributed by atoms with Crippen LogP contribution in [0.1, 0.15) is 32.3 Å². The molecule has 3 amide bonds. The van der Waals surface area contributed by atoms with Crippen molar-refractivity contribution in [2.24, 2.45) is 17.6 Å². The van der Waals surface area contributed by atoms with E-state index in [9.17, 15) is 14.4 Å². The van der Waals surface area contributed by atoms with E-state index in [0.717, 1.165) is 24.1 Å². The van der Waals surface area contributed by atoms with Crippen LogP contribution >= 0.6 is 0 Å². The zero-order valence-corrected chi connectivity index (χ0v) is 21.0. The fourth-order valence-electron chi connectivity index (χ4n) is 5.20. The Kier molecular flexibility index (Phi) is 6.57. The third-order valence-electron chi connectivity index (χ3n) is 7.44. The number of hydrogen-bond acceptors (Lipinski definition) is 6. The summed E-state index contributed by atoms with van der Waals surface area (Å²) in [5, 5.41) is 2.70. The van der Waals surface area contributed by atoms with Gasteiger partial charge in [-0.3, -0.25) is 19.6 Å². The number of benzene rings is 1. The second kappa shape index (κ2) is 9.67. The number of aromatic nitrogens is 2. The molecule has 0 unspecified atom stereocenters. The minimum Gasteiger partial charge on any atom is -0.338 e. The van der Waals surface area contributed by atoms with Crippen molar-refractivity contribution >= 4 is 17.8 Å². The molecule has 2 saturated heterocycles. The summed E-state index contributed by atoms with van der Waals surface area (Å²) < 4.78 is 1.47. The van der Waals surface area contributed by atoms with E-state index in [1.807, 2.05) is 12.1 Å². The fourth-order valence-corrected chi connectivity index (χ4v) is 5.20. The average Bonchev–Trinajstić information content (AvgIpc) is 3.63. The van der Waals surface area contributed by atoms with Gasteiger partial charge in [0.15, 0.2) is 0 Å². The molecule has 36 heavy (non-hydrogen) atoms. The van der Waals surface area contributed by atoms with E-state index >= 15 is 0 Å². The first-order chi connectivity index (χ1) is 17.2. The van der Waals surface area contributed by atoms with Crippen molar-refractivity contribution in [3.63, 3.8) is 0 Å². The van der Waals surface area contributed by atoms with Crippen LogP contribution in [-0.2, 0) is 11.3 Å². The summed E-state index contributed by atoms with van der Waals surface area (Å²) in [5.41, 5.74) is 6.47. The van der Waals surface area contributed by atoms with Gasteiger partial charge in [0.05, 0.1) is 11.2 Å². The van der Waals surface area contributed by atoms with E-state index in [2.05, 4.69) is 27.3 Å². The van der Waals surface area contributed by atoms with Gasteiger partial charge < -0.3 is 15.5 Å². The maximum Gasteiger partial charge on any atom is 0.354 e. The molecule has 0 bridgehead atoms. The Morgan fingerprint density at radius 3 is 2.36 bits per heavy atom. The number of nitrogens with zero attached hydrogens (tertiary/aromatic N) is 5. The number of urea groups is 1. The number of rotatable bonds is 5. The van der Waals surface area contributed by atoms with Gasteiger partial charge in [-0.25, -0.2) is 9.59 Å². The largest absolute Gasteiger partial charge is 0.354 e. The summed E-state index contributed by atoms with van der Waals surface area (Å²) in [6.07, 6.45) is 4.33. The molecule has 1 aromatic carbocycles. The van der Waals surface area contributed by atoms with Gasteiger partial charge in [-0.15, -0.1) is 0 Å². The van der Waals surface area contributed by atoms with Gasteiger partial charge in [-0.2, -0.15) is 4.98 Å². The summed E-state index contributed by atoms with van der Waals surface area (Å²) in [5.74, 6) is 1.94. The Morgan fingerprint density at radius 1 is 1.03 bits per heavy atom. The molecule has 2 atom stereocenters. The summed E-state index contributed by atoms with van der Waals surface area (Å²) in [6.45, 7) is 8.25. The van der Waals surface area contributed by atoms with Crippen molar-refractivity contribution in [3.05, 3.63) is 52.6 Å². The monoisotopic (exact) mass is 493 g/mol. The van der Waals surface area contributed by atoms with Crippen LogP contribution in [0.25, 0.3) is 5.69 Å². The predicted molar refractivity (Wildman–Crippen MR) is 137 cm³/mol. The number of hydrogen-bond donors (Lipinski definition) is 2. The maximum absolute atomic E-state index is 12.7. The molecule has 5 rings (SSSR count). The zero-order chi connectivity index (χ0) is 25.4. The smallest absolute Gasteiger partial charge is 0.338 e.